The van der Waals surface area contributed by atoms with E-state index in [1.807, 2.05) is 69.3 Å². The van der Waals surface area contributed by atoms with Crippen molar-refractivity contribution in [3.05, 3.63) is 95.1 Å². The maximum atomic E-state index is 12.9. The number of benzene rings is 3. The molecule has 0 fully saturated rings. The van der Waals surface area contributed by atoms with Crippen LogP contribution in [0.15, 0.2) is 72.8 Å². The second-order valence-electron chi connectivity index (χ2n) is 7.67. The van der Waals surface area contributed by atoms with Crippen molar-refractivity contribution in [3.63, 3.8) is 0 Å². The quantitative estimate of drug-likeness (QED) is 0.556. The van der Waals surface area contributed by atoms with Gasteiger partial charge >= 0.3 is 0 Å². The minimum absolute atomic E-state index is 0.163. The molecule has 0 heterocycles. The van der Waals surface area contributed by atoms with Crippen LogP contribution in [0, 0.1) is 13.8 Å². The van der Waals surface area contributed by atoms with E-state index in [9.17, 15) is 9.59 Å². The van der Waals surface area contributed by atoms with Crippen LogP contribution in [0.5, 0.6) is 5.75 Å². The second kappa shape index (κ2) is 9.94. The number of ether oxygens (including phenoxy) is 1. The van der Waals surface area contributed by atoms with Gasteiger partial charge in [0.1, 0.15) is 5.75 Å². The van der Waals surface area contributed by atoms with E-state index in [1.165, 1.54) is 0 Å². The van der Waals surface area contributed by atoms with Crippen LogP contribution in [0.1, 0.15) is 46.9 Å². The molecular formula is C26H28N2O3. The van der Waals surface area contributed by atoms with E-state index in [2.05, 4.69) is 10.6 Å². The molecule has 5 nitrogen and oxygen atoms in total. The summed E-state index contributed by atoms with van der Waals surface area (Å²) in [5.41, 5.74) is 3.87. The Morgan fingerprint density at radius 1 is 0.871 bits per heavy atom. The van der Waals surface area contributed by atoms with E-state index in [-0.39, 0.29) is 17.9 Å². The lowest BCUT2D eigenvalue weighted by molar-refractivity contribution is -0.122. The third kappa shape index (κ3) is 5.72. The van der Waals surface area contributed by atoms with Crippen molar-refractivity contribution in [2.24, 2.45) is 0 Å². The Balaban J connectivity index is 1.70. The largest absolute Gasteiger partial charge is 0.481 e. The van der Waals surface area contributed by atoms with Gasteiger partial charge < -0.3 is 15.4 Å². The standard InChI is InChI=1S/C26H28N2O3/c1-17-14-15-18(2)24(16-17)31-20(4)25(29)28-23-13-9-8-12-22(23)26(30)27-19(3)21-10-6-5-7-11-21/h5-16,19-20H,1-4H3,(H,27,30)(H,28,29)/t19-,20+/m0/s1. The van der Waals surface area contributed by atoms with Crippen molar-refractivity contribution in [2.45, 2.75) is 39.8 Å². The van der Waals surface area contributed by atoms with E-state index in [4.69, 9.17) is 4.74 Å². The van der Waals surface area contributed by atoms with Gasteiger partial charge in [0.05, 0.1) is 17.3 Å². The van der Waals surface area contributed by atoms with Crippen LogP contribution in [-0.4, -0.2) is 17.9 Å². The zero-order valence-corrected chi connectivity index (χ0v) is 18.3. The molecule has 2 amide bonds. The predicted molar refractivity (Wildman–Crippen MR) is 123 cm³/mol. The van der Waals surface area contributed by atoms with Crippen LogP contribution >= 0.6 is 0 Å². The molecule has 3 rings (SSSR count). The fourth-order valence-electron chi connectivity index (χ4n) is 3.20. The van der Waals surface area contributed by atoms with Gasteiger partial charge in [-0.15, -0.1) is 0 Å². The van der Waals surface area contributed by atoms with Crippen molar-refractivity contribution < 1.29 is 14.3 Å². The maximum Gasteiger partial charge on any atom is 0.265 e. The zero-order valence-electron chi connectivity index (χ0n) is 18.3. The highest BCUT2D eigenvalue weighted by molar-refractivity contribution is 6.04. The van der Waals surface area contributed by atoms with E-state index in [1.54, 1.807) is 31.2 Å². The molecule has 0 aromatic heterocycles. The molecule has 0 aliphatic rings. The molecule has 3 aromatic rings. The molecule has 2 atom stereocenters. The molecule has 0 aliphatic carbocycles. The molecule has 160 valence electrons. The lowest BCUT2D eigenvalue weighted by atomic mass is 10.1. The van der Waals surface area contributed by atoms with Gasteiger partial charge in [0, 0.05) is 0 Å². The summed E-state index contributed by atoms with van der Waals surface area (Å²) in [6.07, 6.45) is -0.722. The monoisotopic (exact) mass is 416 g/mol. The summed E-state index contributed by atoms with van der Waals surface area (Å²) in [5.74, 6) is 0.0954. The Morgan fingerprint density at radius 3 is 2.29 bits per heavy atom. The predicted octanol–water partition coefficient (Wildman–Crippen LogP) is 5.20. The number of para-hydroxylation sites is 1. The van der Waals surface area contributed by atoms with Crippen LogP contribution in [-0.2, 0) is 4.79 Å². The number of carbonyl (C=O) groups excluding carboxylic acids is 2. The summed E-state index contributed by atoms with van der Waals surface area (Å²) in [6, 6.07) is 22.4. The Hall–Kier alpha value is -3.60. The highest BCUT2D eigenvalue weighted by atomic mass is 16.5. The Kier molecular flexibility index (Phi) is 7.08. The molecular weight excluding hydrogens is 388 g/mol. The number of anilines is 1. The lowest BCUT2D eigenvalue weighted by Gasteiger charge is -2.19. The molecule has 3 aromatic carbocycles. The van der Waals surface area contributed by atoms with E-state index in [0.29, 0.717) is 17.0 Å². The summed E-state index contributed by atoms with van der Waals surface area (Å²) in [4.78, 5) is 25.6. The summed E-state index contributed by atoms with van der Waals surface area (Å²) < 4.78 is 5.87. The van der Waals surface area contributed by atoms with Crippen LogP contribution < -0.4 is 15.4 Å². The van der Waals surface area contributed by atoms with Gasteiger partial charge in [-0.05, 0) is 62.6 Å². The van der Waals surface area contributed by atoms with Crippen molar-refractivity contribution >= 4 is 17.5 Å². The van der Waals surface area contributed by atoms with Gasteiger partial charge in [0.2, 0.25) is 0 Å². The Bertz CT molecular complexity index is 1060. The van der Waals surface area contributed by atoms with Crippen LogP contribution in [0.2, 0.25) is 0 Å². The van der Waals surface area contributed by atoms with Gasteiger partial charge in [-0.3, -0.25) is 9.59 Å². The summed E-state index contributed by atoms with van der Waals surface area (Å²) in [6.45, 7) is 7.53. The highest BCUT2D eigenvalue weighted by Crippen LogP contribution is 2.22. The van der Waals surface area contributed by atoms with Crippen LogP contribution in [0.25, 0.3) is 0 Å². The molecule has 2 N–H and O–H groups in total. The van der Waals surface area contributed by atoms with E-state index < -0.39 is 6.10 Å². The molecule has 0 saturated heterocycles. The number of nitrogens with one attached hydrogen (secondary N) is 2. The molecule has 0 saturated carbocycles. The first-order valence-electron chi connectivity index (χ1n) is 10.3. The minimum atomic E-state index is -0.722. The minimum Gasteiger partial charge on any atom is -0.481 e. The lowest BCUT2D eigenvalue weighted by Crippen LogP contribution is -2.32. The van der Waals surface area contributed by atoms with Crippen molar-refractivity contribution in [1.29, 1.82) is 0 Å². The first-order chi connectivity index (χ1) is 14.8. The fraction of sp³-hybridized carbons (Fsp3) is 0.231. The van der Waals surface area contributed by atoms with Gasteiger partial charge in [0.25, 0.3) is 11.8 Å². The number of carbonyl (C=O) groups is 2. The molecule has 0 bridgehead atoms. The fourth-order valence-corrected chi connectivity index (χ4v) is 3.20. The zero-order chi connectivity index (χ0) is 22.4. The van der Waals surface area contributed by atoms with Crippen LogP contribution in [0.3, 0.4) is 0 Å². The van der Waals surface area contributed by atoms with E-state index in [0.717, 1.165) is 16.7 Å². The number of rotatable bonds is 7. The highest BCUT2D eigenvalue weighted by Gasteiger charge is 2.20. The Morgan fingerprint density at radius 2 is 1.55 bits per heavy atom. The molecule has 0 unspecified atom stereocenters. The number of amides is 2. The SMILES string of the molecule is Cc1ccc(C)c(O[C@H](C)C(=O)Nc2ccccc2C(=O)N[C@@H](C)c2ccccc2)c1. The number of hydrogen-bond acceptors (Lipinski definition) is 3. The second-order valence-corrected chi connectivity index (χ2v) is 7.67. The molecule has 0 radical (unpaired) electrons. The Labute approximate surface area is 183 Å². The van der Waals surface area contributed by atoms with Gasteiger partial charge in [0.15, 0.2) is 6.10 Å². The smallest absolute Gasteiger partial charge is 0.265 e. The number of hydrogen-bond donors (Lipinski definition) is 2. The van der Waals surface area contributed by atoms with Gasteiger partial charge in [-0.1, -0.05) is 54.6 Å². The molecule has 0 aliphatic heterocycles. The molecule has 31 heavy (non-hydrogen) atoms. The third-order valence-corrected chi connectivity index (χ3v) is 5.09. The van der Waals surface area contributed by atoms with Crippen molar-refractivity contribution in [1.82, 2.24) is 5.32 Å². The van der Waals surface area contributed by atoms with Crippen LogP contribution in [0.4, 0.5) is 5.69 Å². The summed E-state index contributed by atoms with van der Waals surface area (Å²) in [7, 11) is 0. The first-order valence-corrected chi connectivity index (χ1v) is 10.3. The summed E-state index contributed by atoms with van der Waals surface area (Å²) >= 11 is 0. The first kappa shape index (κ1) is 22.1. The molecule has 5 heteroatoms. The number of aryl methyl sites for hydroxylation is 2. The summed E-state index contributed by atoms with van der Waals surface area (Å²) in [5, 5.41) is 5.82. The van der Waals surface area contributed by atoms with E-state index >= 15 is 0 Å². The maximum absolute atomic E-state index is 12.9. The molecule has 0 spiro atoms. The van der Waals surface area contributed by atoms with Gasteiger partial charge in [-0.25, -0.2) is 0 Å². The van der Waals surface area contributed by atoms with Crippen molar-refractivity contribution in [3.8, 4) is 5.75 Å². The average molecular weight is 417 g/mol. The third-order valence-electron chi connectivity index (χ3n) is 5.09. The van der Waals surface area contributed by atoms with Gasteiger partial charge in [-0.2, -0.15) is 0 Å². The average Bonchev–Trinajstić information content (AvgIpc) is 2.77. The van der Waals surface area contributed by atoms with Crippen molar-refractivity contribution in [2.75, 3.05) is 5.32 Å². The topological polar surface area (TPSA) is 67.4 Å². The normalized spacial score (nSPS) is 12.5.